The minimum absolute atomic E-state index is 0.0233. The lowest BCUT2D eigenvalue weighted by Gasteiger charge is -2.06. The van der Waals surface area contributed by atoms with Crippen LogP contribution in [0.4, 0.5) is 0 Å². The number of hydrogen-bond donors (Lipinski definition) is 0. The number of esters is 1. The van der Waals surface area contributed by atoms with Gasteiger partial charge in [0.1, 0.15) is 0 Å². The average molecular weight is 373 g/mol. The first-order valence-corrected chi connectivity index (χ1v) is 9.51. The Kier molecular flexibility index (Phi) is 8.36. The van der Waals surface area contributed by atoms with Crippen LogP contribution in [0.2, 0.25) is 0 Å². The van der Waals surface area contributed by atoms with E-state index in [1.54, 1.807) is 0 Å². The molecule has 0 bridgehead atoms. The fourth-order valence-electron chi connectivity index (χ4n) is 2.74. The number of hydrogen-bond acceptors (Lipinski definition) is 3. The topological polar surface area (TPSA) is 43.4 Å². The summed E-state index contributed by atoms with van der Waals surface area (Å²) < 4.78 is 4.94. The number of carbonyl (C=O) groups excluding carboxylic acids is 2. The number of rotatable bonds is 10. The maximum absolute atomic E-state index is 11.5. The van der Waals surface area contributed by atoms with Crippen LogP contribution >= 0.6 is 11.6 Å². The van der Waals surface area contributed by atoms with E-state index in [0.717, 1.165) is 32.1 Å². The zero-order valence-corrected chi connectivity index (χ0v) is 15.9. The molecule has 0 saturated carbocycles. The van der Waals surface area contributed by atoms with Crippen molar-refractivity contribution in [3.63, 3.8) is 0 Å². The highest BCUT2D eigenvalue weighted by Crippen LogP contribution is 2.12. The van der Waals surface area contributed by atoms with Gasteiger partial charge in [-0.05, 0) is 48.8 Å². The van der Waals surface area contributed by atoms with Gasteiger partial charge in [0, 0.05) is 12.5 Å². The van der Waals surface area contributed by atoms with Crippen molar-refractivity contribution >= 4 is 23.4 Å². The van der Waals surface area contributed by atoms with E-state index in [2.05, 4.69) is 24.3 Å². The highest BCUT2D eigenvalue weighted by molar-refractivity contribution is 6.30. The lowest BCUT2D eigenvalue weighted by Crippen LogP contribution is -2.01. The lowest BCUT2D eigenvalue weighted by atomic mass is 10.0. The number of benzene rings is 2. The standard InChI is InChI=1S/C22H25ClO3/c1-17(24)26-15-3-2-4-18-5-7-19(8-6-18)9-10-20-11-13-21(14-12-20)22(25)16-23/h5-8,11-14H,2-4,9-10,15-16H2,1H3. The van der Waals surface area contributed by atoms with Gasteiger partial charge in [-0.25, -0.2) is 0 Å². The molecule has 0 radical (unpaired) electrons. The molecule has 0 spiro atoms. The van der Waals surface area contributed by atoms with Crippen LogP contribution in [0.3, 0.4) is 0 Å². The normalized spacial score (nSPS) is 10.5. The van der Waals surface area contributed by atoms with Crippen LogP contribution in [0.5, 0.6) is 0 Å². The SMILES string of the molecule is CC(=O)OCCCCc1ccc(CCc2ccc(C(=O)CCl)cc2)cc1. The first kappa shape index (κ1) is 20.2. The predicted octanol–water partition coefficient (Wildman–Crippen LogP) is 4.78. The van der Waals surface area contributed by atoms with Gasteiger partial charge in [-0.3, -0.25) is 9.59 Å². The van der Waals surface area contributed by atoms with Crippen molar-refractivity contribution in [2.24, 2.45) is 0 Å². The van der Waals surface area contributed by atoms with E-state index in [-0.39, 0.29) is 17.6 Å². The highest BCUT2D eigenvalue weighted by atomic mass is 35.5. The summed E-state index contributed by atoms with van der Waals surface area (Å²) in [5, 5.41) is 0. The molecule has 0 aromatic heterocycles. The summed E-state index contributed by atoms with van der Waals surface area (Å²) in [7, 11) is 0. The molecule has 0 aliphatic carbocycles. The van der Waals surface area contributed by atoms with E-state index < -0.39 is 0 Å². The van der Waals surface area contributed by atoms with Crippen molar-refractivity contribution in [3.8, 4) is 0 Å². The van der Waals surface area contributed by atoms with E-state index in [9.17, 15) is 9.59 Å². The summed E-state index contributed by atoms with van der Waals surface area (Å²) in [5.41, 5.74) is 4.49. The third-order valence-electron chi connectivity index (χ3n) is 4.29. The van der Waals surface area contributed by atoms with Crippen LogP contribution in [0.1, 0.15) is 46.8 Å². The molecule has 2 aromatic rings. The Balaban J connectivity index is 1.75. The molecule has 0 saturated heterocycles. The van der Waals surface area contributed by atoms with E-state index in [0.29, 0.717) is 12.2 Å². The summed E-state index contributed by atoms with van der Waals surface area (Å²) in [6, 6.07) is 16.4. The van der Waals surface area contributed by atoms with Crippen molar-refractivity contribution in [1.29, 1.82) is 0 Å². The minimum Gasteiger partial charge on any atom is -0.466 e. The van der Waals surface area contributed by atoms with Crippen molar-refractivity contribution in [2.75, 3.05) is 12.5 Å². The van der Waals surface area contributed by atoms with Gasteiger partial charge in [0.05, 0.1) is 12.5 Å². The fraction of sp³-hybridized carbons (Fsp3) is 0.364. The number of ether oxygens (including phenoxy) is 1. The number of ketones is 1. The van der Waals surface area contributed by atoms with E-state index in [4.69, 9.17) is 16.3 Å². The van der Waals surface area contributed by atoms with Crippen molar-refractivity contribution in [1.82, 2.24) is 0 Å². The minimum atomic E-state index is -0.213. The third-order valence-corrected chi connectivity index (χ3v) is 4.53. The molecular formula is C22H25ClO3. The number of aryl methyl sites for hydroxylation is 3. The molecule has 0 aliphatic heterocycles. The van der Waals surface area contributed by atoms with Crippen molar-refractivity contribution in [3.05, 3.63) is 70.8 Å². The molecule has 0 aliphatic rings. The molecule has 2 aromatic carbocycles. The molecule has 4 heteroatoms. The Hall–Kier alpha value is -2.13. The molecule has 0 N–H and O–H groups in total. The molecule has 0 unspecified atom stereocenters. The highest BCUT2D eigenvalue weighted by Gasteiger charge is 2.04. The summed E-state index contributed by atoms with van der Waals surface area (Å²) in [5.74, 6) is -0.230. The lowest BCUT2D eigenvalue weighted by molar-refractivity contribution is -0.141. The van der Waals surface area contributed by atoms with E-state index >= 15 is 0 Å². The van der Waals surface area contributed by atoms with Crippen LogP contribution in [0.25, 0.3) is 0 Å². The second-order valence-electron chi connectivity index (χ2n) is 6.37. The van der Waals surface area contributed by atoms with Gasteiger partial charge in [0.2, 0.25) is 0 Å². The summed E-state index contributed by atoms with van der Waals surface area (Å²) in [6.07, 6.45) is 4.81. The first-order chi connectivity index (χ1) is 12.6. The van der Waals surface area contributed by atoms with Gasteiger partial charge < -0.3 is 4.74 Å². The zero-order chi connectivity index (χ0) is 18.8. The summed E-state index contributed by atoms with van der Waals surface area (Å²) in [6.45, 7) is 1.94. The Labute approximate surface area is 160 Å². The molecule has 26 heavy (non-hydrogen) atoms. The third kappa shape index (κ3) is 7.01. The molecule has 138 valence electrons. The van der Waals surface area contributed by atoms with Gasteiger partial charge in [0.25, 0.3) is 0 Å². The maximum Gasteiger partial charge on any atom is 0.302 e. The van der Waals surface area contributed by atoms with Gasteiger partial charge in [-0.15, -0.1) is 11.6 Å². The van der Waals surface area contributed by atoms with Gasteiger partial charge in [0.15, 0.2) is 5.78 Å². The molecule has 2 rings (SSSR count). The van der Waals surface area contributed by atoms with Gasteiger partial charge >= 0.3 is 5.97 Å². The van der Waals surface area contributed by atoms with Crippen LogP contribution in [0, 0.1) is 0 Å². The molecule has 3 nitrogen and oxygen atoms in total. The second kappa shape index (κ2) is 10.8. The predicted molar refractivity (Wildman–Crippen MR) is 105 cm³/mol. The first-order valence-electron chi connectivity index (χ1n) is 8.98. The van der Waals surface area contributed by atoms with E-state index in [1.165, 1.54) is 23.6 Å². The number of alkyl halides is 1. The molecule has 0 atom stereocenters. The Morgan fingerprint density at radius 3 is 1.81 bits per heavy atom. The largest absolute Gasteiger partial charge is 0.466 e. The Bertz CT molecular complexity index is 705. The van der Waals surface area contributed by atoms with Crippen molar-refractivity contribution in [2.45, 2.75) is 39.0 Å². The summed E-state index contributed by atoms with van der Waals surface area (Å²) in [4.78, 5) is 22.2. The van der Waals surface area contributed by atoms with Crippen LogP contribution in [-0.4, -0.2) is 24.2 Å². The quantitative estimate of drug-likeness (QED) is 0.261. The van der Waals surface area contributed by atoms with Crippen LogP contribution in [-0.2, 0) is 28.8 Å². The van der Waals surface area contributed by atoms with Crippen molar-refractivity contribution < 1.29 is 14.3 Å². The molecule has 0 fully saturated rings. The number of halogens is 1. The number of Topliss-reactive ketones (excluding diaryl/α,β-unsaturated/α-hetero) is 1. The van der Waals surface area contributed by atoms with Crippen LogP contribution in [0.15, 0.2) is 48.5 Å². The molecule has 0 heterocycles. The number of carbonyl (C=O) groups is 2. The molecular weight excluding hydrogens is 348 g/mol. The Morgan fingerprint density at radius 1 is 0.808 bits per heavy atom. The fourth-order valence-corrected chi connectivity index (χ4v) is 2.90. The zero-order valence-electron chi connectivity index (χ0n) is 15.2. The van der Waals surface area contributed by atoms with Crippen LogP contribution < -0.4 is 0 Å². The molecule has 0 amide bonds. The Morgan fingerprint density at radius 2 is 1.31 bits per heavy atom. The number of unbranched alkanes of at least 4 members (excludes halogenated alkanes) is 1. The van der Waals surface area contributed by atoms with Gasteiger partial charge in [-0.2, -0.15) is 0 Å². The summed E-state index contributed by atoms with van der Waals surface area (Å²) >= 11 is 5.57. The van der Waals surface area contributed by atoms with E-state index in [1.807, 2.05) is 24.3 Å². The smallest absolute Gasteiger partial charge is 0.302 e. The van der Waals surface area contributed by atoms with Gasteiger partial charge in [-0.1, -0.05) is 48.5 Å². The average Bonchev–Trinajstić information content (AvgIpc) is 2.66. The second-order valence-corrected chi connectivity index (χ2v) is 6.63. The maximum atomic E-state index is 11.5. The monoisotopic (exact) mass is 372 g/mol.